The Bertz CT molecular complexity index is 3350. The number of nitrogens with one attached hydrogen (secondary N) is 1. The molecule has 2 aliphatic carbocycles. The van der Waals surface area contributed by atoms with E-state index >= 15 is 0 Å². The molecular weight excluding hydrogens is 1320 g/mol. The Labute approximate surface area is 569 Å². The number of carbonyl (C=O) groups excluding carboxylic acids is 5. The average molecular weight is 1420 g/mol. The molecule has 8 rings (SSSR count). The molecule has 498 valence electrons. The average Bonchev–Trinajstić information content (AvgIpc) is 1.80. The Balaban J connectivity index is 0.000000616. The molecule has 0 saturated heterocycles. The monoisotopic (exact) mass is 1410 g/mol. The Morgan fingerprint density at radius 3 is 1.55 bits per heavy atom. The van der Waals surface area contributed by atoms with Crippen LogP contribution in [0.1, 0.15) is 159 Å². The number of halogens is 1. The molecule has 0 aromatic heterocycles. The van der Waals surface area contributed by atoms with E-state index in [9.17, 15) is 37.5 Å². The quantitative estimate of drug-likeness (QED) is 0.0333. The van der Waals surface area contributed by atoms with Crippen LogP contribution in [0.5, 0.6) is 0 Å². The summed E-state index contributed by atoms with van der Waals surface area (Å²) in [6.45, 7) is 24.1. The molecule has 0 radical (unpaired) electrons. The van der Waals surface area contributed by atoms with Gasteiger partial charge in [0, 0.05) is 37.6 Å². The molecule has 0 saturated carbocycles. The van der Waals surface area contributed by atoms with E-state index in [0.29, 0.717) is 49.6 Å². The number of hydrogen-bond donors (Lipinski definition) is 1. The molecule has 6 aromatic rings. The number of esters is 2. The van der Waals surface area contributed by atoms with E-state index in [2.05, 4.69) is 59.4 Å². The van der Waals surface area contributed by atoms with Gasteiger partial charge < -0.3 is 51.7 Å². The predicted octanol–water partition coefficient (Wildman–Crippen LogP) is 15.9. The normalized spacial score (nSPS) is 15.0. The van der Waals surface area contributed by atoms with E-state index in [4.69, 9.17) is 24.7 Å². The van der Waals surface area contributed by atoms with Gasteiger partial charge in [-0.15, -0.1) is 12.1 Å². The summed E-state index contributed by atoms with van der Waals surface area (Å²) in [4.78, 5) is 63.4. The van der Waals surface area contributed by atoms with Gasteiger partial charge in [0.05, 0.1) is 25.2 Å². The van der Waals surface area contributed by atoms with Gasteiger partial charge in [-0.25, -0.2) is 18.0 Å². The van der Waals surface area contributed by atoms with Gasteiger partial charge in [-0.3, -0.25) is 14.4 Å². The Hall–Kier alpha value is -6.09. The summed E-state index contributed by atoms with van der Waals surface area (Å²) in [6, 6.07) is 43.0. The number of rotatable bonds is 15. The van der Waals surface area contributed by atoms with Crippen LogP contribution in [0.25, 0.3) is 10.5 Å². The summed E-state index contributed by atoms with van der Waals surface area (Å²) < 4.78 is 50.4. The van der Waals surface area contributed by atoms with Crippen molar-refractivity contribution in [1.82, 2.24) is 9.80 Å². The van der Waals surface area contributed by atoms with Gasteiger partial charge >= 0.3 is 51.1 Å². The van der Waals surface area contributed by atoms with Crippen LogP contribution in [-0.2, 0) is 81.8 Å². The summed E-state index contributed by atoms with van der Waals surface area (Å²) in [6.07, 6.45) is -0.853. The molecule has 0 spiro atoms. The Morgan fingerprint density at radius 1 is 0.648 bits per heavy atom. The van der Waals surface area contributed by atoms with Crippen molar-refractivity contribution in [3.8, 4) is 0 Å². The topological polar surface area (TPSA) is 221 Å². The first kappa shape index (κ1) is 82.9. The minimum absolute atomic E-state index is 0. The van der Waals surface area contributed by atoms with E-state index < -0.39 is 69.4 Å². The molecular formula is C70H93ClN4O12RuS3. The molecule has 5 atom stereocenters. The first-order chi connectivity index (χ1) is 41.4. The Kier molecular flexibility index (Phi) is 35.4. The van der Waals surface area contributed by atoms with Crippen molar-refractivity contribution in [1.29, 1.82) is 0 Å². The van der Waals surface area contributed by atoms with Gasteiger partial charge in [-0.2, -0.15) is 27.0 Å². The third-order valence-corrected chi connectivity index (χ3v) is 15.2. The SMILES string of the molecule is CCOC(=O)C1Cc2cc(CN(C)C(=O)OC(C)(C)C)ccc2C1=O.CCOC(=O)[C@H]1Cc2cc(CN(C)C(=O)OC(C)(C)C)ccc2[C@H]1O.Cc1ccc(C(C)C)cc1.Cc1ccc(S(=O)(=O)[N-][C@@H](c2ccccc2)[C@@H]([NH-])c2ccccc2)cc1.S.S.[CH3-].[Cl][Ru+3]. The van der Waals surface area contributed by atoms with Crippen LogP contribution in [0.4, 0.5) is 9.59 Å². The second kappa shape index (κ2) is 38.8. The second-order valence-electron chi connectivity index (χ2n) is 23.8. The second-order valence-corrected chi connectivity index (χ2v) is 25.4. The van der Waals surface area contributed by atoms with Crippen molar-refractivity contribution in [3.05, 3.63) is 225 Å². The maximum atomic E-state index is 12.8. The van der Waals surface area contributed by atoms with E-state index in [1.165, 1.54) is 20.9 Å². The molecule has 0 bridgehead atoms. The minimum atomic E-state index is -3.87. The number of aliphatic hydroxyl groups excluding tert-OH is 1. The molecule has 2 aliphatic rings. The van der Waals surface area contributed by atoms with Gasteiger partial charge in [-0.05, 0) is 134 Å². The van der Waals surface area contributed by atoms with Crippen molar-refractivity contribution in [2.75, 3.05) is 27.3 Å². The first-order valence-electron chi connectivity index (χ1n) is 29.1. The van der Waals surface area contributed by atoms with Gasteiger partial charge in [-0.1, -0.05) is 170 Å². The molecule has 2 amide bonds. The van der Waals surface area contributed by atoms with Crippen LogP contribution in [0.2, 0.25) is 0 Å². The van der Waals surface area contributed by atoms with Crippen LogP contribution >= 0.6 is 36.7 Å². The maximum absolute atomic E-state index is 12.8. The summed E-state index contributed by atoms with van der Waals surface area (Å²) in [5, 5.41) is 10.3. The van der Waals surface area contributed by atoms with Crippen LogP contribution in [0.3, 0.4) is 0 Å². The van der Waals surface area contributed by atoms with Crippen molar-refractivity contribution in [2.45, 2.75) is 149 Å². The number of sulfonamides is 1. The number of ether oxygens (including phenoxy) is 4. The van der Waals surface area contributed by atoms with Crippen LogP contribution in [-0.4, -0.2) is 91.7 Å². The zero-order chi connectivity index (χ0) is 65.7. The number of benzene rings is 6. The molecule has 91 heavy (non-hydrogen) atoms. The van der Waals surface area contributed by atoms with E-state index in [1.54, 1.807) is 64.3 Å². The van der Waals surface area contributed by atoms with Crippen molar-refractivity contribution in [2.24, 2.45) is 11.8 Å². The molecule has 0 aliphatic heterocycles. The van der Waals surface area contributed by atoms with Crippen molar-refractivity contribution < 1.29 is 73.8 Å². The van der Waals surface area contributed by atoms with Gasteiger partial charge in [0.2, 0.25) is 0 Å². The predicted molar refractivity (Wildman–Crippen MR) is 368 cm³/mol. The van der Waals surface area contributed by atoms with Crippen molar-refractivity contribution in [3.63, 3.8) is 0 Å². The van der Waals surface area contributed by atoms with Gasteiger partial charge in [0.1, 0.15) is 27.1 Å². The molecule has 21 heteroatoms. The summed E-state index contributed by atoms with van der Waals surface area (Å²) >= 11 is 1.82. The number of fused-ring (bicyclic) bond motifs is 2. The number of Topliss-reactive ketones (excluding diaryl/α,β-unsaturated/α-hetero) is 1. The summed E-state index contributed by atoms with van der Waals surface area (Å²) in [5.41, 5.74) is 17.5. The molecule has 1 unspecified atom stereocenters. The van der Waals surface area contributed by atoms with E-state index in [-0.39, 0.29) is 57.7 Å². The fraction of sp³-hybridized carbons (Fsp3) is 0.400. The third kappa shape index (κ3) is 26.1. The number of hydrogen-bond acceptors (Lipinski definition) is 12. The molecule has 16 nitrogen and oxygen atoms in total. The van der Waals surface area contributed by atoms with Crippen molar-refractivity contribution >= 4 is 76.6 Å². The zero-order valence-electron chi connectivity index (χ0n) is 55.0. The fourth-order valence-corrected chi connectivity index (χ4v) is 10.5. The van der Waals surface area contributed by atoms with Crippen LogP contribution in [0.15, 0.2) is 150 Å². The molecule has 6 aromatic carbocycles. The van der Waals surface area contributed by atoms with E-state index in [1.807, 2.05) is 151 Å². The molecule has 2 N–H and O–H groups in total. The van der Waals surface area contributed by atoms with E-state index in [0.717, 1.165) is 38.9 Å². The molecule has 0 heterocycles. The number of amides is 2. The van der Waals surface area contributed by atoms with Gasteiger partial charge in [0.15, 0.2) is 5.78 Å². The summed E-state index contributed by atoms with van der Waals surface area (Å²) in [7, 11) is 4.04. The first-order valence-corrected chi connectivity index (χ1v) is 32.8. The standard InChI is InChI=1S/C21H20N2O2S.C19H27NO5.C19H25NO5.C10H14.CH3.ClH.Ru.2H2S/c1-16-12-14-19(15-13-16)26(24,25)23-21(18-10-6-3-7-11-18)20(22)17-8-4-2-5-9-17;2*1-6-24-17(22)15-10-13-9-12(7-8-14(13)16(15)21)11-20(5)18(23)25-19(2,3)4;1-8(2)10-6-4-9(3)5-7-10;;;;;/h2-15,20-22H,1H3;7-9,15-16,21H,6,10-11H2,1-5H3;7-9,15H,6,10-11H2,1-5H3;4-8H,1-3H3;1H3;1H;;2*1H2/q-2;;;;-1;;+4;;/p-1/t20-,21-;15-,16+;;;;;;;/m00......./s1. The third-order valence-electron chi connectivity index (χ3n) is 13.9. The number of aryl methyl sites for hydroxylation is 2. The summed E-state index contributed by atoms with van der Waals surface area (Å²) in [5.74, 6) is -1.71. The van der Waals surface area contributed by atoms with Crippen LogP contribution in [0, 0.1) is 33.1 Å². The fourth-order valence-electron chi connectivity index (χ4n) is 9.37. The Morgan fingerprint density at radius 2 is 1.09 bits per heavy atom. The van der Waals surface area contributed by atoms with Crippen LogP contribution < -0.4 is 0 Å². The number of carbonyl (C=O) groups is 5. The zero-order valence-corrected chi connectivity index (χ0v) is 60.3. The number of nitrogens with zero attached hydrogens (tertiary/aromatic N) is 3. The number of ketones is 1. The van der Waals surface area contributed by atoms with Gasteiger partial charge in [0.25, 0.3) is 0 Å². The molecule has 0 fully saturated rings. The number of aliphatic hydroxyl groups is 1.